The molecule has 0 saturated heterocycles. The Kier molecular flexibility index (Phi) is 14.9. The number of rotatable bonds is 8. The van der Waals surface area contributed by atoms with Crippen molar-refractivity contribution >= 4 is 40.0 Å². The van der Waals surface area contributed by atoms with Crippen molar-refractivity contribution in [2.75, 3.05) is 32.2 Å². The number of aromatic hydroxyl groups is 2. The van der Waals surface area contributed by atoms with Gasteiger partial charge >= 0.3 is 11.8 Å². The summed E-state index contributed by atoms with van der Waals surface area (Å²) in [4.78, 5) is 52.8. The molecule has 3 aliphatic rings. The number of benzene rings is 2. The van der Waals surface area contributed by atoms with Crippen molar-refractivity contribution in [2.24, 2.45) is 23.7 Å². The number of ketones is 1. The van der Waals surface area contributed by atoms with Gasteiger partial charge in [0.1, 0.15) is 23.4 Å². The van der Waals surface area contributed by atoms with Crippen molar-refractivity contribution < 1.29 is 68.4 Å². The number of esters is 1. The van der Waals surface area contributed by atoms with Crippen LogP contribution in [0.1, 0.15) is 64.4 Å². The quantitative estimate of drug-likeness (QED) is 0.0826. The van der Waals surface area contributed by atoms with Gasteiger partial charge in [-0.3, -0.25) is 24.6 Å². The number of methoxy groups -OCH3 is 1. The molecule has 8 N–H and O–H groups in total. The van der Waals surface area contributed by atoms with E-state index in [4.69, 9.17) is 28.8 Å². The average molecular weight is 814 g/mol. The van der Waals surface area contributed by atoms with E-state index in [9.17, 15) is 39.6 Å². The Labute approximate surface area is 336 Å². The molecular formula is C41H55N3O14. The monoisotopic (exact) mass is 813 g/mol. The Morgan fingerprint density at radius 2 is 1.67 bits per heavy atom. The first-order chi connectivity index (χ1) is 27.3. The molecule has 58 heavy (non-hydrogen) atoms. The molecule has 0 aromatic heterocycles. The molecule has 0 spiro atoms. The zero-order valence-corrected chi connectivity index (χ0v) is 34.1. The first-order valence-corrected chi connectivity index (χ1v) is 18.9. The van der Waals surface area contributed by atoms with Gasteiger partial charge in [-0.25, -0.2) is 5.43 Å². The van der Waals surface area contributed by atoms with E-state index in [1.165, 1.54) is 59.3 Å². The van der Waals surface area contributed by atoms with Crippen LogP contribution in [0, 0.1) is 30.6 Å². The molecule has 3 heterocycles. The molecule has 0 fully saturated rings. The molecule has 0 aliphatic carbocycles. The van der Waals surface area contributed by atoms with Gasteiger partial charge in [0.25, 0.3) is 17.6 Å². The Morgan fingerprint density at radius 1 is 0.983 bits per heavy atom. The van der Waals surface area contributed by atoms with Crippen LogP contribution in [0.3, 0.4) is 0 Å². The van der Waals surface area contributed by atoms with Gasteiger partial charge in [-0.05, 0) is 19.9 Å². The van der Waals surface area contributed by atoms with E-state index in [1.54, 1.807) is 39.8 Å². The third kappa shape index (κ3) is 9.56. The molecule has 0 saturated carbocycles. The standard InChI is InChI=1S/C41H55N3O14/c1-19-11-10-12-20(2)40(53)43-26-17-28(55-18-29(47)44-42-14-15-45)30-31(36(26)51)35(50)24(6)38-32(30)39(52)41(8,58-38)56-16-13-27(54-9)21(3)37(57-25(7)46)23(5)34(49)22(4)33(19)48/h10-13,16-17,19,21-23,27,33-34,37,42,45,48-51H,14-15,18H2,1-9H3,(H,43,53)(H,44,47)/b11-10+,16-13+,20-12-/t19-,21-,22-,23-,27+,33-,34+,37-,41+/m1/s1. The van der Waals surface area contributed by atoms with Gasteiger partial charge in [-0.2, -0.15) is 0 Å². The van der Waals surface area contributed by atoms with Crippen LogP contribution in [0.25, 0.3) is 10.8 Å². The largest absolute Gasteiger partial charge is 0.507 e. The van der Waals surface area contributed by atoms with Crippen LogP contribution in [0.15, 0.2) is 42.2 Å². The molecule has 0 unspecified atom stereocenters. The van der Waals surface area contributed by atoms with Crippen molar-refractivity contribution in [2.45, 2.75) is 85.6 Å². The lowest BCUT2D eigenvalue weighted by Crippen LogP contribution is -2.46. The summed E-state index contributed by atoms with van der Waals surface area (Å²) in [6, 6.07) is 1.20. The third-order valence-electron chi connectivity index (χ3n) is 10.6. The summed E-state index contributed by atoms with van der Waals surface area (Å²) in [5, 5.41) is 57.1. The number of ether oxygens (including phenoxy) is 5. The fraction of sp³-hybridized carbons (Fsp3) is 0.512. The molecular weight excluding hydrogens is 758 g/mol. The second-order valence-electron chi connectivity index (χ2n) is 14.9. The van der Waals surface area contributed by atoms with Crippen LogP contribution in [0.5, 0.6) is 23.0 Å². The number of anilines is 1. The van der Waals surface area contributed by atoms with Crippen molar-refractivity contribution in [1.82, 2.24) is 10.9 Å². The van der Waals surface area contributed by atoms with Crippen LogP contribution in [0.2, 0.25) is 0 Å². The second-order valence-corrected chi connectivity index (χ2v) is 14.9. The number of phenolic OH excluding ortho intramolecular Hbond substituents is 2. The highest BCUT2D eigenvalue weighted by Crippen LogP contribution is 2.54. The van der Waals surface area contributed by atoms with Gasteiger partial charge < -0.3 is 54.5 Å². The van der Waals surface area contributed by atoms with Crippen molar-refractivity contribution in [1.29, 1.82) is 0 Å². The second kappa shape index (κ2) is 19.0. The van der Waals surface area contributed by atoms with E-state index in [0.29, 0.717) is 0 Å². The summed E-state index contributed by atoms with van der Waals surface area (Å²) in [5.74, 6) is -8.73. The Morgan fingerprint density at radius 3 is 2.31 bits per heavy atom. The highest BCUT2D eigenvalue weighted by atomic mass is 16.7. The van der Waals surface area contributed by atoms with Crippen LogP contribution >= 0.6 is 0 Å². The van der Waals surface area contributed by atoms with Gasteiger partial charge in [-0.1, -0.05) is 45.9 Å². The van der Waals surface area contributed by atoms with Crippen molar-refractivity contribution in [3.05, 3.63) is 53.3 Å². The number of phenols is 2. The van der Waals surface area contributed by atoms with Crippen LogP contribution < -0.4 is 25.6 Å². The predicted octanol–water partition coefficient (Wildman–Crippen LogP) is 3.04. The number of carbonyl (C=O) groups excluding carboxylic acids is 4. The van der Waals surface area contributed by atoms with E-state index in [2.05, 4.69) is 16.2 Å². The van der Waals surface area contributed by atoms with Gasteiger partial charge in [-0.15, -0.1) is 0 Å². The third-order valence-corrected chi connectivity index (χ3v) is 10.6. The van der Waals surface area contributed by atoms with Crippen LogP contribution in [0.4, 0.5) is 5.69 Å². The molecule has 318 valence electrons. The molecule has 17 nitrogen and oxygen atoms in total. The summed E-state index contributed by atoms with van der Waals surface area (Å²) >= 11 is 0. The summed E-state index contributed by atoms with van der Waals surface area (Å²) in [7, 11) is 1.42. The van der Waals surface area contributed by atoms with E-state index < -0.39 is 95.5 Å². The smallest absolute Gasteiger partial charge is 0.312 e. The number of hydrazine groups is 1. The SMILES string of the molecule is CO[C@H]1/C=C/O[C@@]2(C)Oc3c(C)c(O)c4c(O)c(cc(OCC(=O)NNCCO)c4c3C2=O)NC(=O)/C(C)=C\C=C\[C@@H](C)[C@@H](O)[C@@H](C)[C@H](O)[C@@H](C)[C@H](OC(C)=O)[C@@H]1C. The highest BCUT2D eigenvalue weighted by Gasteiger charge is 2.49. The summed E-state index contributed by atoms with van der Waals surface area (Å²) in [6.45, 7) is 11.5. The summed E-state index contributed by atoms with van der Waals surface area (Å²) in [5.41, 5.74) is 4.67. The number of allylic oxidation sites excluding steroid dienone is 2. The van der Waals surface area contributed by atoms with Gasteiger partial charge in [0.15, 0.2) is 12.4 Å². The highest BCUT2D eigenvalue weighted by molar-refractivity contribution is 6.21. The number of hydrogen-bond acceptors (Lipinski definition) is 15. The number of carbonyl (C=O) groups is 4. The maximum atomic E-state index is 14.4. The number of aliphatic hydroxyl groups is 3. The molecule has 9 atom stereocenters. The number of hydrogen-bond donors (Lipinski definition) is 8. The Balaban J connectivity index is 1.91. The number of aliphatic hydroxyl groups excluding tert-OH is 3. The van der Waals surface area contributed by atoms with Crippen molar-refractivity contribution in [3.63, 3.8) is 0 Å². The fourth-order valence-electron chi connectivity index (χ4n) is 7.14. The van der Waals surface area contributed by atoms with E-state index in [0.717, 1.165) is 0 Å². The number of fused-ring (bicyclic) bond motifs is 14. The topological polar surface area (TPSA) is 252 Å². The molecule has 17 heteroatoms. The van der Waals surface area contributed by atoms with Crippen LogP contribution in [-0.4, -0.2) is 106 Å². The Bertz CT molecular complexity index is 1980. The van der Waals surface area contributed by atoms with Gasteiger partial charge in [0.2, 0.25) is 0 Å². The van der Waals surface area contributed by atoms with Crippen molar-refractivity contribution in [3.8, 4) is 23.0 Å². The van der Waals surface area contributed by atoms with Gasteiger partial charge in [0, 0.05) is 73.8 Å². The lowest BCUT2D eigenvalue weighted by atomic mass is 9.78. The average Bonchev–Trinajstić information content (AvgIpc) is 3.45. The molecule has 2 amide bonds. The first-order valence-electron chi connectivity index (χ1n) is 18.9. The lowest BCUT2D eigenvalue weighted by molar-refractivity contribution is -0.160. The predicted molar refractivity (Wildman–Crippen MR) is 211 cm³/mol. The molecule has 2 aromatic rings. The van der Waals surface area contributed by atoms with Crippen LogP contribution in [-0.2, 0) is 28.6 Å². The zero-order valence-electron chi connectivity index (χ0n) is 34.1. The number of amides is 2. The molecule has 5 bridgehead atoms. The molecule has 2 aromatic carbocycles. The lowest BCUT2D eigenvalue weighted by Gasteiger charge is -2.38. The van der Waals surface area contributed by atoms with E-state index >= 15 is 0 Å². The van der Waals surface area contributed by atoms with E-state index in [1.807, 2.05) is 0 Å². The molecule has 0 radical (unpaired) electrons. The first kappa shape index (κ1) is 45.5. The fourth-order valence-corrected chi connectivity index (χ4v) is 7.14. The van der Waals surface area contributed by atoms with Gasteiger partial charge in [0.05, 0.1) is 47.8 Å². The molecule has 5 rings (SSSR count). The van der Waals surface area contributed by atoms with E-state index in [-0.39, 0.29) is 57.8 Å². The summed E-state index contributed by atoms with van der Waals surface area (Å²) < 4.78 is 29.4. The number of nitrogens with one attached hydrogen (secondary N) is 3. The zero-order chi connectivity index (χ0) is 43.2. The normalized spacial score (nSPS) is 30.1. The summed E-state index contributed by atoms with van der Waals surface area (Å²) in [6.07, 6.45) is 3.42. The number of Topliss-reactive ketones (excluding diaryl/α,β-unsaturated/α-hetero) is 1. The minimum Gasteiger partial charge on any atom is -0.507 e. The maximum Gasteiger partial charge on any atom is 0.312 e. The minimum absolute atomic E-state index is 0.0419. The Hall–Kier alpha value is -5.20. The maximum absolute atomic E-state index is 14.4. The minimum atomic E-state index is -2.05. The molecule has 3 aliphatic heterocycles.